The lowest BCUT2D eigenvalue weighted by Gasteiger charge is -2.25. The van der Waals surface area contributed by atoms with Crippen LogP contribution in [-0.4, -0.2) is 41.3 Å². The number of hydrogen-bond acceptors (Lipinski definition) is 8. The number of thiophene rings is 1. The topological polar surface area (TPSA) is 123 Å². The van der Waals surface area contributed by atoms with Crippen molar-refractivity contribution in [1.29, 1.82) is 0 Å². The van der Waals surface area contributed by atoms with Gasteiger partial charge in [0.05, 0.1) is 10.4 Å². The Morgan fingerprint density at radius 3 is 2.80 bits per heavy atom. The van der Waals surface area contributed by atoms with Crippen LogP contribution in [0.25, 0.3) is 10.9 Å². The Morgan fingerprint density at radius 1 is 1.07 bits per heavy atom. The van der Waals surface area contributed by atoms with Crippen LogP contribution < -0.4 is 21.5 Å². The molecule has 8 nitrogen and oxygen atoms in total. The van der Waals surface area contributed by atoms with Crippen molar-refractivity contribution in [2.24, 2.45) is 0 Å². The van der Waals surface area contributed by atoms with Gasteiger partial charge in [0.15, 0.2) is 0 Å². The van der Waals surface area contributed by atoms with E-state index in [1.807, 2.05) is 36.4 Å². The zero-order chi connectivity index (χ0) is 28.0. The van der Waals surface area contributed by atoms with Gasteiger partial charge in [-0.2, -0.15) is 0 Å². The molecule has 208 valence electrons. The molecule has 2 heterocycles. The van der Waals surface area contributed by atoms with Crippen LogP contribution in [0.3, 0.4) is 0 Å². The number of hydrogen-bond donors (Lipinski definition) is 5. The molecule has 40 heavy (non-hydrogen) atoms. The zero-order valence-electron chi connectivity index (χ0n) is 22.0. The van der Waals surface area contributed by atoms with Crippen LogP contribution in [0.4, 0.5) is 0 Å². The monoisotopic (exact) mass is 576 g/mol. The van der Waals surface area contributed by atoms with Crippen LogP contribution >= 0.6 is 23.1 Å². The lowest BCUT2D eigenvalue weighted by Crippen LogP contribution is -2.41. The number of carbonyl (C=O) groups is 2. The number of aldehydes is 1. The van der Waals surface area contributed by atoms with Gasteiger partial charge in [0, 0.05) is 40.2 Å². The first-order chi connectivity index (χ1) is 19.5. The number of aromatic hydroxyl groups is 1. The number of pyridine rings is 1. The number of fused-ring (bicyclic) bond motifs is 2. The molecule has 4 aromatic rings. The maximum absolute atomic E-state index is 12.6. The second-order valence-corrected chi connectivity index (χ2v) is 12.0. The van der Waals surface area contributed by atoms with Gasteiger partial charge in [-0.3, -0.25) is 14.9 Å². The number of aryl methyl sites for hydroxylation is 1. The van der Waals surface area contributed by atoms with E-state index in [0.717, 1.165) is 59.2 Å². The second-order valence-electron chi connectivity index (χ2n) is 9.81. The third kappa shape index (κ3) is 6.31. The van der Waals surface area contributed by atoms with Crippen molar-refractivity contribution in [3.8, 4) is 5.75 Å². The SMILES string of the molecule is O=CC1(NCc2ccc(C(=O)NCCCCNCSc3ccc(O)c4[nH]c(=O)ccc34)s2)CCc2ccccc21. The number of unbranched alkanes of at least 4 members (excludes halogenated alkanes) is 1. The Bertz CT molecular complexity index is 1570. The lowest BCUT2D eigenvalue weighted by atomic mass is 9.93. The first-order valence-electron chi connectivity index (χ1n) is 13.3. The van der Waals surface area contributed by atoms with Crippen molar-refractivity contribution in [3.05, 3.63) is 91.9 Å². The lowest BCUT2D eigenvalue weighted by molar-refractivity contribution is -0.113. The van der Waals surface area contributed by atoms with Crippen molar-refractivity contribution in [3.63, 3.8) is 0 Å². The molecular weight excluding hydrogens is 544 g/mol. The molecule has 1 amide bonds. The molecule has 2 aromatic carbocycles. The molecule has 0 saturated heterocycles. The molecule has 0 bridgehead atoms. The summed E-state index contributed by atoms with van der Waals surface area (Å²) < 4.78 is 0. The summed E-state index contributed by atoms with van der Waals surface area (Å²) >= 11 is 3.05. The maximum atomic E-state index is 12.6. The molecule has 0 spiro atoms. The Morgan fingerprint density at radius 2 is 1.93 bits per heavy atom. The molecule has 1 unspecified atom stereocenters. The van der Waals surface area contributed by atoms with Gasteiger partial charge in [-0.25, -0.2) is 0 Å². The molecule has 1 atom stereocenters. The Labute approximate surface area is 240 Å². The molecule has 10 heteroatoms. The van der Waals surface area contributed by atoms with Crippen molar-refractivity contribution in [1.82, 2.24) is 20.9 Å². The van der Waals surface area contributed by atoms with Gasteiger partial charge in [-0.1, -0.05) is 24.3 Å². The number of H-pyrrole nitrogens is 1. The summed E-state index contributed by atoms with van der Waals surface area (Å²) in [5.41, 5.74) is 1.82. The summed E-state index contributed by atoms with van der Waals surface area (Å²) in [4.78, 5) is 41.6. The van der Waals surface area contributed by atoms with Crippen LogP contribution in [0.5, 0.6) is 5.75 Å². The molecule has 1 aliphatic carbocycles. The first-order valence-corrected chi connectivity index (χ1v) is 15.1. The van der Waals surface area contributed by atoms with E-state index in [9.17, 15) is 19.5 Å². The van der Waals surface area contributed by atoms with Crippen molar-refractivity contribution < 1.29 is 14.7 Å². The summed E-state index contributed by atoms with van der Waals surface area (Å²) in [7, 11) is 0. The summed E-state index contributed by atoms with van der Waals surface area (Å²) in [6, 6.07) is 18.5. The smallest absolute Gasteiger partial charge is 0.261 e. The minimum absolute atomic E-state index is 0.0593. The molecule has 5 rings (SSSR count). The number of aromatic amines is 1. The minimum atomic E-state index is -0.659. The highest BCUT2D eigenvalue weighted by atomic mass is 32.2. The molecule has 5 N–H and O–H groups in total. The zero-order valence-corrected chi connectivity index (χ0v) is 23.6. The highest BCUT2D eigenvalue weighted by Gasteiger charge is 2.38. The van der Waals surface area contributed by atoms with Gasteiger partial charge in [-0.05, 0) is 73.7 Å². The molecule has 1 aliphatic rings. The number of rotatable bonds is 13. The van der Waals surface area contributed by atoms with E-state index in [0.29, 0.717) is 29.4 Å². The Kier molecular flexibility index (Phi) is 9.01. The van der Waals surface area contributed by atoms with Gasteiger partial charge in [0.25, 0.3) is 5.91 Å². The number of aromatic nitrogens is 1. The van der Waals surface area contributed by atoms with E-state index in [-0.39, 0.29) is 17.2 Å². The molecule has 0 radical (unpaired) electrons. The van der Waals surface area contributed by atoms with Gasteiger partial charge in [-0.15, -0.1) is 23.1 Å². The number of phenolic OH excluding ortho intramolecular Hbond substituents is 1. The molecule has 0 fully saturated rings. The van der Waals surface area contributed by atoms with E-state index in [2.05, 4.69) is 27.0 Å². The summed E-state index contributed by atoms with van der Waals surface area (Å²) in [6.07, 6.45) is 4.42. The van der Waals surface area contributed by atoms with Gasteiger partial charge >= 0.3 is 0 Å². The number of nitrogens with one attached hydrogen (secondary N) is 4. The highest BCUT2D eigenvalue weighted by Crippen LogP contribution is 2.36. The summed E-state index contributed by atoms with van der Waals surface area (Å²) in [5, 5.41) is 20.6. The number of phenols is 1. The number of thioether (sulfide) groups is 1. The number of carbonyl (C=O) groups excluding carboxylic acids is 2. The normalized spacial score (nSPS) is 16.2. The van der Waals surface area contributed by atoms with Gasteiger partial charge in [0.2, 0.25) is 5.56 Å². The van der Waals surface area contributed by atoms with E-state index in [4.69, 9.17) is 0 Å². The number of amides is 1. The first kappa shape index (κ1) is 28.1. The van der Waals surface area contributed by atoms with E-state index < -0.39 is 5.54 Å². The van der Waals surface area contributed by atoms with Crippen molar-refractivity contribution in [2.45, 2.75) is 42.7 Å². The predicted octanol–water partition coefficient (Wildman–Crippen LogP) is 4.27. The van der Waals surface area contributed by atoms with Crippen molar-refractivity contribution in [2.75, 3.05) is 19.0 Å². The van der Waals surface area contributed by atoms with Crippen LogP contribution in [-0.2, 0) is 23.3 Å². The van der Waals surface area contributed by atoms with Crippen LogP contribution in [0.1, 0.15) is 44.9 Å². The van der Waals surface area contributed by atoms with Crippen LogP contribution in [0.15, 0.2) is 70.4 Å². The fourth-order valence-corrected chi connectivity index (χ4v) is 6.78. The molecule has 0 aliphatic heterocycles. The minimum Gasteiger partial charge on any atom is -0.506 e. The second kappa shape index (κ2) is 12.8. The average Bonchev–Trinajstić information content (AvgIpc) is 3.60. The average molecular weight is 577 g/mol. The summed E-state index contributed by atoms with van der Waals surface area (Å²) in [5.74, 6) is 0.672. The molecule has 2 aromatic heterocycles. The fraction of sp³-hybridized carbons (Fsp3) is 0.300. The Balaban J connectivity index is 0.999. The maximum Gasteiger partial charge on any atom is 0.261 e. The van der Waals surface area contributed by atoms with Crippen LogP contribution in [0.2, 0.25) is 0 Å². The third-order valence-corrected chi connectivity index (χ3v) is 9.28. The molecular formula is C30H32N4O4S2. The highest BCUT2D eigenvalue weighted by molar-refractivity contribution is 7.99. The fourth-order valence-electron chi connectivity index (χ4n) is 5.03. The standard InChI is InChI=1S/C30H32N4O4S2/c35-18-30(14-13-20-5-1-2-6-23(20)30)33-17-21-7-10-26(40-21)29(38)32-16-4-3-15-31-19-39-25-11-9-24(36)28-22(25)8-12-27(37)34-28/h1-2,5-12,18,31,33,36H,3-4,13-17,19H2,(H,32,38)(H,34,37). The molecule has 0 saturated carbocycles. The quantitative estimate of drug-likeness (QED) is 0.0697. The number of benzene rings is 2. The largest absolute Gasteiger partial charge is 0.506 e. The Hall–Kier alpha value is -3.44. The van der Waals surface area contributed by atoms with Crippen molar-refractivity contribution >= 4 is 46.2 Å². The van der Waals surface area contributed by atoms with Gasteiger partial charge in [0.1, 0.15) is 17.6 Å². The van der Waals surface area contributed by atoms with E-state index in [1.54, 1.807) is 23.9 Å². The predicted molar refractivity (Wildman–Crippen MR) is 160 cm³/mol. The third-order valence-electron chi connectivity index (χ3n) is 7.18. The van der Waals surface area contributed by atoms with E-state index in [1.165, 1.54) is 23.0 Å². The van der Waals surface area contributed by atoms with Gasteiger partial charge < -0.3 is 25.5 Å². The summed E-state index contributed by atoms with van der Waals surface area (Å²) in [6.45, 7) is 1.94. The van der Waals surface area contributed by atoms with Crippen LogP contribution in [0, 0.1) is 0 Å². The van der Waals surface area contributed by atoms with E-state index >= 15 is 0 Å².